The Labute approximate surface area is 101 Å². The molecule has 1 aromatic heterocycles. The first-order valence-corrected chi connectivity index (χ1v) is 5.24. The molecule has 1 aliphatic heterocycles. The second-order valence-corrected chi connectivity index (χ2v) is 3.03. The van der Waals surface area contributed by atoms with E-state index >= 15 is 0 Å². The van der Waals surface area contributed by atoms with E-state index in [2.05, 4.69) is 11.7 Å². The molecular weight excluding hydrogens is 216 g/mol. The number of nitrogens with one attached hydrogen (secondary N) is 2. The molecule has 0 amide bonds. The molecule has 17 heavy (non-hydrogen) atoms. The van der Waals surface area contributed by atoms with Crippen LogP contribution in [-0.4, -0.2) is 24.9 Å². The number of para-hydroxylation sites is 2. The molecule has 0 radical (unpaired) electrons. The maximum Gasteiger partial charge on any atom is 0.161 e. The molecule has 0 bridgehead atoms. The highest BCUT2D eigenvalue weighted by atomic mass is 16.6. The average molecular weight is 232 g/mol. The summed E-state index contributed by atoms with van der Waals surface area (Å²) in [6, 6.07) is 11.6. The van der Waals surface area contributed by atoms with Crippen molar-refractivity contribution < 1.29 is 9.47 Å². The zero-order valence-electron chi connectivity index (χ0n) is 9.56. The highest BCUT2D eigenvalue weighted by Gasteiger charge is 2.07. The third-order valence-electron chi connectivity index (χ3n) is 1.94. The lowest BCUT2D eigenvalue weighted by molar-refractivity contribution is 0.171. The molecule has 0 atom stereocenters. The topological polar surface area (TPSA) is 58.1 Å². The number of rotatable bonds is 0. The highest BCUT2D eigenvalue weighted by Crippen LogP contribution is 2.28. The van der Waals surface area contributed by atoms with Crippen LogP contribution in [0.15, 0.2) is 48.8 Å². The first-order valence-electron chi connectivity index (χ1n) is 5.24. The molecule has 0 aliphatic carbocycles. The first-order chi connectivity index (χ1) is 8.47. The molecule has 0 fully saturated rings. The van der Waals surface area contributed by atoms with Crippen molar-refractivity contribution in [1.82, 2.24) is 4.98 Å². The fourth-order valence-corrected chi connectivity index (χ4v) is 1.27. The number of fused-ring (bicyclic) bond motifs is 1. The number of hydrogen-bond donors (Lipinski definition) is 2. The summed E-state index contributed by atoms with van der Waals surface area (Å²) in [7, 11) is 0. The maximum absolute atomic E-state index is 5.50. The van der Waals surface area contributed by atoms with Gasteiger partial charge in [0.2, 0.25) is 0 Å². The van der Waals surface area contributed by atoms with Crippen LogP contribution >= 0.6 is 0 Å². The Morgan fingerprint density at radius 2 is 1.35 bits per heavy atom. The monoisotopic (exact) mass is 232 g/mol. The standard InChI is InChI=1S/C8H8O2.C4H5N.CH3N/c1-2-4-8-7(3-1)9-5-6-10-8;1-2-4-5-3-1;1-2/h1-4H,5-6H2;1-5H;2H,1H2. The van der Waals surface area contributed by atoms with Crippen molar-refractivity contribution in [1.29, 1.82) is 5.41 Å². The van der Waals surface area contributed by atoms with Crippen molar-refractivity contribution in [2.45, 2.75) is 0 Å². The van der Waals surface area contributed by atoms with E-state index in [1.165, 1.54) is 0 Å². The number of aromatic amines is 1. The van der Waals surface area contributed by atoms with Gasteiger partial charge in [0.15, 0.2) is 11.5 Å². The number of ether oxygens (including phenoxy) is 2. The lowest BCUT2D eigenvalue weighted by Crippen LogP contribution is -2.14. The van der Waals surface area contributed by atoms with Gasteiger partial charge in [0.05, 0.1) is 0 Å². The van der Waals surface area contributed by atoms with Crippen molar-refractivity contribution in [2.75, 3.05) is 13.2 Å². The molecule has 2 aromatic rings. The maximum atomic E-state index is 5.50. The molecule has 2 N–H and O–H groups in total. The SMILES string of the molecule is C=N.c1cc[nH]c1.c1ccc2c(c1)OCCO2. The van der Waals surface area contributed by atoms with Crippen molar-refractivity contribution in [2.24, 2.45) is 0 Å². The van der Waals surface area contributed by atoms with Crippen molar-refractivity contribution >= 4 is 6.72 Å². The minimum atomic E-state index is 0.664. The summed E-state index contributed by atoms with van der Waals surface area (Å²) in [5.74, 6) is 1.71. The van der Waals surface area contributed by atoms with E-state index < -0.39 is 0 Å². The van der Waals surface area contributed by atoms with Crippen molar-refractivity contribution in [3.05, 3.63) is 48.8 Å². The molecule has 4 heteroatoms. The Morgan fingerprint density at radius 1 is 0.882 bits per heavy atom. The van der Waals surface area contributed by atoms with E-state index in [1.54, 1.807) is 0 Å². The van der Waals surface area contributed by atoms with Crippen molar-refractivity contribution in [3.8, 4) is 11.5 Å². The Balaban J connectivity index is 0.000000175. The number of benzene rings is 1. The largest absolute Gasteiger partial charge is 0.486 e. The van der Waals surface area contributed by atoms with E-state index in [-0.39, 0.29) is 0 Å². The van der Waals surface area contributed by atoms with Crippen LogP contribution < -0.4 is 9.47 Å². The van der Waals surface area contributed by atoms with Gasteiger partial charge in [-0.2, -0.15) is 0 Å². The summed E-state index contributed by atoms with van der Waals surface area (Å²) >= 11 is 0. The highest BCUT2D eigenvalue weighted by molar-refractivity contribution is 5.40. The second-order valence-electron chi connectivity index (χ2n) is 3.03. The zero-order valence-corrected chi connectivity index (χ0v) is 9.56. The van der Waals surface area contributed by atoms with Gasteiger partial charge in [-0.1, -0.05) is 12.1 Å². The van der Waals surface area contributed by atoms with Crippen LogP contribution in [0.4, 0.5) is 0 Å². The molecule has 0 unspecified atom stereocenters. The van der Waals surface area contributed by atoms with Gasteiger partial charge in [-0.15, -0.1) is 0 Å². The zero-order chi connectivity index (χ0) is 12.3. The molecule has 2 heterocycles. The third-order valence-corrected chi connectivity index (χ3v) is 1.94. The van der Waals surface area contributed by atoms with Gasteiger partial charge in [0.1, 0.15) is 13.2 Å². The summed E-state index contributed by atoms with van der Waals surface area (Å²) in [4.78, 5) is 2.86. The summed E-state index contributed by atoms with van der Waals surface area (Å²) in [6.45, 7) is 3.83. The van der Waals surface area contributed by atoms with Gasteiger partial charge in [0.25, 0.3) is 0 Å². The normalized spacial score (nSPS) is 11.3. The molecule has 0 saturated heterocycles. The molecule has 0 saturated carbocycles. The lowest BCUT2D eigenvalue weighted by atomic mass is 10.3. The smallest absolute Gasteiger partial charge is 0.161 e. The van der Waals surface area contributed by atoms with Crippen LogP contribution in [0.25, 0.3) is 0 Å². The summed E-state index contributed by atoms with van der Waals surface area (Å²) in [6.07, 6.45) is 3.75. The van der Waals surface area contributed by atoms with E-state index in [1.807, 2.05) is 48.8 Å². The van der Waals surface area contributed by atoms with Gasteiger partial charge < -0.3 is 19.9 Å². The second kappa shape index (κ2) is 7.98. The Hall–Kier alpha value is -2.23. The van der Waals surface area contributed by atoms with E-state index in [0.29, 0.717) is 13.2 Å². The van der Waals surface area contributed by atoms with Gasteiger partial charge in [-0.3, -0.25) is 0 Å². The molecule has 90 valence electrons. The quantitative estimate of drug-likeness (QED) is 0.686. The Bertz CT molecular complexity index is 359. The number of H-pyrrole nitrogens is 1. The predicted molar refractivity (Wildman–Crippen MR) is 68.1 cm³/mol. The van der Waals surface area contributed by atoms with E-state index in [4.69, 9.17) is 14.9 Å². The Kier molecular flexibility index (Phi) is 6.03. The minimum Gasteiger partial charge on any atom is -0.486 e. The fourth-order valence-electron chi connectivity index (χ4n) is 1.27. The molecule has 1 aromatic carbocycles. The molecule has 1 aliphatic rings. The third kappa shape index (κ3) is 4.42. The first kappa shape index (κ1) is 12.8. The molecule has 3 rings (SSSR count). The van der Waals surface area contributed by atoms with Gasteiger partial charge in [0, 0.05) is 12.4 Å². The Morgan fingerprint density at radius 3 is 1.71 bits per heavy atom. The van der Waals surface area contributed by atoms with Crippen LogP contribution in [0.5, 0.6) is 11.5 Å². The van der Waals surface area contributed by atoms with Gasteiger partial charge >= 0.3 is 0 Å². The van der Waals surface area contributed by atoms with Crippen LogP contribution in [0.2, 0.25) is 0 Å². The number of aromatic nitrogens is 1. The summed E-state index contributed by atoms with van der Waals surface area (Å²) < 4.78 is 10.6. The summed E-state index contributed by atoms with van der Waals surface area (Å²) in [5.41, 5.74) is 0. The molecule has 0 spiro atoms. The summed E-state index contributed by atoms with van der Waals surface area (Å²) in [5, 5.41) is 5.50. The van der Waals surface area contributed by atoms with Crippen LogP contribution in [-0.2, 0) is 0 Å². The van der Waals surface area contributed by atoms with Crippen LogP contribution in [0.1, 0.15) is 0 Å². The number of hydrogen-bond acceptors (Lipinski definition) is 3. The minimum absolute atomic E-state index is 0.664. The molecular formula is C13H16N2O2. The van der Waals surface area contributed by atoms with Gasteiger partial charge in [-0.25, -0.2) is 0 Å². The van der Waals surface area contributed by atoms with E-state index in [0.717, 1.165) is 11.5 Å². The van der Waals surface area contributed by atoms with Crippen LogP contribution in [0, 0.1) is 5.41 Å². The predicted octanol–water partition coefficient (Wildman–Crippen LogP) is 2.74. The van der Waals surface area contributed by atoms with Crippen LogP contribution in [0.3, 0.4) is 0 Å². The molecule has 4 nitrogen and oxygen atoms in total. The van der Waals surface area contributed by atoms with E-state index in [9.17, 15) is 0 Å². The van der Waals surface area contributed by atoms with Crippen molar-refractivity contribution in [3.63, 3.8) is 0 Å². The average Bonchev–Trinajstić information content (AvgIpc) is 3.00. The fraction of sp³-hybridized carbons (Fsp3) is 0.154. The van der Waals surface area contributed by atoms with Gasteiger partial charge in [-0.05, 0) is 31.0 Å². The lowest BCUT2D eigenvalue weighted by Gasteiger charge is -2.17.